The van der Waals surface area contributed by atoms with Gasteiger partial charge in [-0.2, -0.15) is 0 Å². The summed E-state index contributed by atoms with van der Waals surface area (Å²) in [5.41, 5.74) is 5.51. The molecule has 0 radical (unpaired) electrons. The first-order valence-electron chi connectivity index (χ1n) is 11.9. The molecule has 1 aromatic heterocycles. The topological polar surface area (TPSA) is 92.3 Å². The van der Waals surface area contributed by atoms with Crippen molar-refractivity contribution >= 4 is 39.1 Å². The maximum atomic E-state index is 13.7. The number of rotatable bonds is 7. The molecule has 1 N–H and O–H groups in total. The van der Waals surface area contributed by atoms with Crippen LogP contribution in [0.5, 0.6) is 0 Å². The van der Waals surface area contributed by atoms with Gasteiger partial charge in [0.2, 0.25) is 5.91 Å². The number of thioether (sulfide) groups is 1. The lowest BCUT2D eigenvalue weighted by Crippen LogP contribution is -2.34. The lowest BCUT2D eigenvalue weighted by atomic mass is 10.1. The number of sulfonamides is 1. The molecule has 0 bridgehead atoms. The number of aromatic nitrogens is 2. The highest BCUT2D eigenvalue weighted by Gasteiger charge is 2.36. The van der Waals surface area contributed by atoms with Crippen LogP contribution in [0.1, 0.15) is 23.6 Å². The largest absolute Gasteiger partial charge is 0.325 e. The molecule has 1 aliphatic rings. The molecule has 1 aliphatic heterocycles. The van der Waals surface area contributed by atoms with E-state index in [1.165, 1.54) is 27.8 Å². The molecule has 37 heavy (non-hydrogen) atoms. The average molecular weight is 531 g/mol. The molecule has 0 fully saturated rings. The predicted molar refractivity (Wildman–Crippen MR) is 147 cm³/mol. The number of anilines is 2. The van der Waals surface area contributed by atoms with Crippen LogP contribution >= 0.6 is 11.8 Å². The molecule has 4 aromatic rings. The van der Waals surface area contributed by atoms with Gasteiger partial charge in [0, 0.05) is 11.3 Å². The third-order valence-corrected chi connectivity index (χ3v) is 8.74. The lowest BCUT2D eigenvalue weighted by Gasteiger charge is -2.31. The van der Waals surface area contributed by atoms with E-state index >= 15 is 0 Å². The van der Waals surface area contributed by atoms with Crippen molar-refractivity contribution < 1.29 is 13.2 Å². The third kappa shape index (κ3) is 5.23. The van der Waals surface area contributed by atoms with Crippen LogP contribution in [-0.2, 0) is 27.8 Å². The molecule has 0 unspecified atom stereocenters. The Bertz CT molecular complexity index is 1570. The molecule has 1 amide bonds. The average Bonchev–Trinajstić information content (AvgIpc) is 2.90. The van der Waals surface area contributed by atoms with Gasteiger partial charge in [0.1, 0.15) is 4.90 Å². The lowest BCUT2D eigenvalue weighted by molar-refractivity contribution is -0.113. The Morgan fingerprint density at radius 3 is 2.54 bits per heavy atom. The van der Waals surface area contributed by atoms with E-state index in [2.05, 4.69) is 22.2 Å². The number of para-hydroxylation sites is 1. The monoisotopic (exact) mass is 530 g/mol. The summed E-state index contributed by atoms with van der Waals surface area (Å²) in [4.78, 5) is 21.4. The highest BCUT2D eigenvalue weighted by atomic mass is 32.2. The molecule has 0 aliphatic carbocycles. The highest BCUT2D eigenvalue weighted by molar-refractivity contribution is 7.99. The summed E-state index contributed by atoms with van der Waals surface area (Å²) in [6, 6.07) is 22.8. The summed E-state index contributed by atoms with van der Waals surface area (Å²) in [6.45, 7) is 4.26. The summed E-state index contributed by atoms with van der Waals surface area (Å²) < 4.78 is 28.7. The maximum Gasteiger partial charge on any atom is 0.268 e. The van der Waals surface area contributed by atoms with Gasteiger partial charge in [-0.3, -0.25) is 9.10 Å². The van der Waals surface area contributed by atoms with Crippen LogP contribution in [0.3, 0.4) is 0 Å². The summed E-state index contributed by atoms with van der Waals surface area (Å²) in [5, 5.41) is 3.21. The van der Waals surface area contributed by atoms with Gasteiger partial charge in [-0.05, 0) is 42.7 Å². The van der Waals surface area contributed by atoms with Gasteiger partial charge in [0.15, 0.2) is 5.16 Å². The van der Waals surface area contributed by atoms with E-state index in [4.69, 9.17) is 0 Å². The number of aryl methyl sites for hydroxylation is 2. The Balaban J connectivity index is 1.38. The number of fused-ring (bicyclic) bond motifs is 3. The molecule has 7 nitrogen and oxygen atoms in total. The fourth-order valence-electron chi connectivity index (χ4n) is 4.24. The fraction of sp³-hybridized carbons (Fsp3) is 0.179. The van der Waals surface area contributed by atoms with E-state index < -0.39 is 10.0 Å². The SMILES string of the molecule is CCc1ccc(NC(=O)CSc2ncc3c(n2)-c2ccccc2N(Cc2cccc(C)c2)S3(=O)=O)cc1. The van der Waals surface area contributed by atoms with E-state index in [9.17, 15) is 13.2 Å². The first-order valence-corrected chi connectivity index (χ1v) is 14.3. The number of hydrogen-bond acceptors (Lipinski definition) is 6. The minimum atomic E-state index is -3.88. The van der Waals surface area contributed by atoms with Crippen molar-refractivity contribution in [1.82, 2.24) is 9.97 Å². The van der Waals surface area contributed by atoms with E-state index in [0.717, 1.165) is 23.2 Å². The number of benzene rings is 3. The Morgan fingerprint density at radius 2 is 1.78 bits per heavy atom. The first kappa shape index (κ1) is 25.0. The zero-order chi connectivity index (χ0) is 26.0. The Morgan fingerprint density at radius 1 is 1.00 bits per heavy atom. The second-order valence-electron chi connectivity index (χ2n) is 8.77. The Hall–Kier alpha value is -3.69. The van der Waals surface area contributed by atoms with Crippen LogP contribution in [0.2, 0.25) is 0 Å². The Kier molecular flexibility index (Phi) is 6.99. The molecular formula is C28H26N4O3S2. The summed E-state index contributed by atoms with van der Waals surface area (Å²) in [7, 11) is -3.88. The molecular weight excluding hydrogens is 504 g/mol. The summed E-state index contributed by atoms with van der Waals surface area (Å²) in [5.74, 6) is -0.0877. The van der Waals surface area contributed by atoms with Crippen LogP contribution < -0.4 is 9.62 Å². The van der Waals surface area contributed by atoms with Gasteiger partial charge in [0.25, 0.3) is 10.0 Å². The van der Waals surface area contributed by atoms with Crippen LogP contribution in [0, 0.1) is 6.92 Å². The van der Waals surface area contributed by atoms with Crippen molar-refractivity contribution in [1.29, 1.82) is 0 Å². The Labute approximate surface area is 221 Å². The van der Waals surface area contributed by atoms with Crippen molar-refractivity contribution in [3.63, 3.8) is 0 Å². The zero-order valence-corrected chi connectivity index (χ0v) is 22.1. The highest BCUT2D eigenvalue weighted by Crippen LogP contribution is 2.42. The van der Waals surface area contributed by atoms with Gasteiger partial charge in [-0.25, -0.2) is 18.4 Å². The number of carbonyl (C=O) groups excluding carboxylic acids is 1. The zero-order valence-electron chi connectivity index (χ0n) is 20.5. The van der Waals surface area contributed by atoms with Crippen LogP contribution in [0.25, 0.3) is 11.3 Å². The quantitative estimate of drug-likeness (QED) is 0.252. The second-order valence-corrected chi connectivity index (χ2v) is 11.5. The summed E-state index contributed by atoms with van der Waals surface area (Å²) >= 11 is 1.17. The van der Waals surface area contributed by atoms with Gasteiger partial charge >= 0.3 is 0 Å². The van der Waals surface area contributed by atoms with E-state index in [1.54, 1.807) is 6.07 Å². The van der Waals surface area contributed by atoms with E-state index in [-0.39, 0.29) is 23.1 Å². The molecule has 0 saturated heterocycles. The molecule has 0 spiro atoms. The van der Waals surface area contributed by atoms with Crippen LogP contribution in [-0.4, -0.2) is 30.0 Å². The molecule has 5 rings (SSSR count). The minimum absolute atomic E-state index is 0.0590. The van der Waals surface area contributed by atoms with Crippen LogP contribution in [0.4, 0.5) is 11.4 Å². The maximum absolute atomic E-state index is 13.7. The summed E-state index contributed by atoms with van der Waals surface area (Å²) in [6.07, 6.45) is 2.28. The van der Waals surface area contributed by atoms with Crippen LogP contribution in [0.15, 0.2) is 89.0 Å². The van der Waals surface area contributed by atoms with Crippen molar-refractivity contribution in [3.8, 4) is 11.3 Å². The molecule has 2 heterocycles. The fourth-order valence-corrected chi connectivity index (χ4v) is 6.42. The van der Waals surface area contributed by atoms with Crippen molar-refractivity contribution in [2.24, 2.45) is 0 Å². The van der Waals surface area contributed by atoms with Crippen molar-refractivity contribution in [3.05, 3.63) is 95.7 Å². The van der Waals surface area contributed by atoms with Gasteiger partial charge in [-0.1, -0.05) is 78.8 Å². The number of hydrogen-bond donors (Lipinski definition) is 1. The van der Waals surface area contributed by atoms with E-state index in [0.29, 0.717) is 22.1 Å². The van der Waals surface area contributed by atoms with Gasteiger partial charge in [-0.15, -0.1) is 0 Å². The smallest absolute Gasteiger partial charge is 0.268 e. The normalized spacial score (nSPS) is 13.5. The third-order valence-electron chi connectivity index (χ3n) is 6.12. The predicted octanol–water partition coefficient (Wildman–Crippen LogP) is 5.45. The molecule has 188 valence electrons. The molecule has 0 atom stereocenters. The van der Waals surface area contributed by atoms with Crippen molar-refractivity contribution in [2.75, 3.05) is 15.4 Å². The number of carbonyl (C=O) groups is 1. The standard InChI is InChI=1S/C28H26N4O3S2/c1-3-20-11-13-22(14-12-20)30-26(33)18-36-28-29-16-25-27(31-28)23-9-4-5-10-24(23)32(37(25,34)35)17-21-8-6-7-19(2)15-21/h4-16H,3,17-18H2,1-2H3,(H,30,33). The van der Waals surface area contributed by atoms with E-state index in [1.807, 2.05) is 73.7 Å². The van der Waals surface area contributed by atoms with Gasteiger partial charge in [0.05, 0.1) is 29.9 Å². The number of amides is 1. The molecule has 0 saturated carbocycles. The number of nitrogens with one attached hydrogen (secondary N) is 1. The minimum Gasteiger partial charge on any atom is -0.325 e. The molecule has 3 aromatic carbocycles. The second kappa shape index (κ2) is 10.4. The van der Waals surface area contributed by atoms with Crippen molar-refractivity contribution in [2.45, 2.75) is 36.9 Å². The number of nitrogens with zero attached hydrogens (tertiary/aromatic N) is 3. The molecule has 9 heteroatoms. The van der Waals surface area contributed by atoms with Gasteiger partial charge < -0.3 is 5.32 Å². The first-order chi connectivity index (χ1) is 17.8.